The number of nitrogens with zero attached hydrogens (tertiary/aromatic N) is 2. The Balaban J connectivity index is 0.000000236. The van der Waals surface area contributed by atoms with Crippen LogP contribution in [0.5, 0.6) is 23.0 Å². The first kappa shape index (κ1) is 67.6. The average molecular weight is 1230 g/mol. The van der Waals surface area contributed by atoms with Gasteiger partial charge in [0.1, 0.15) is 23.0 Å². The van der Waals surface area contributed by atoms with Crippen LogP contribution in [-0.4, -0.2) is 159 Å². The Bertz CT molecular complexity index is 3330. The molecule has 7 N–H and O–H groups in total. The summed E-state index contributed by atoms with van der Waals surface area (Å²) in [5.41, 5.74) is 2.92. The molecular weight excluding hydrogens is 1150 g/mol. The molecule has 22 nitrogen and oxygen atoms in total. The van der Waals surface area contributed by atoms with Crippen LogP contribution in [0.3, 0.4) is 0 Å². The molecule has 2 fully saturated rings. The van der Waals surface area contributed by atoms with E-state index in [1.54, 1.807) is 38.1 Å². The highest BCUT2D eigenvalue weighted by atomic mass is 32.2. The number of hydroxylamine groups is 2. The van der Waals surface area contributed by atoms with Gasteiger partial charge in [-0.2, -0.15) is 0 Å². The molecule has 4 unspecified atom stereocenters. The quantitative estimate of drug-likeness (QED) is 0.0317. The van der Waals surface area contributed by atoms with Crippen LogP contribution in [0.1, 0.15) is 75.6 Å². The van der Waals surface area contributed by atoms with Crippen molar-refractivity contribution in [2.75, 3.05) is 53.7 Å². The number of phenolic OH excluding ortho intramolecular Hbond substituents is 2. The Morgan fingerprint density at radius 1 is 0.547 bits per heavy atom. The number of phenols is 2. The molecule has 2 heterocycles. The van der Waals surface area contributed by atoms with Gasteiger partial charge in [0.2, 0.25) is 5.91 Å². The number of carbonyl (C=O) groups excluding carboxylic acids is 2. The lowest BCUT2D eigenvalue weighted by molar-refractivity contribution is -0.170. The number of hydrogen-bond acceptors (Lipinski definition) is 17. The van der Waals surface area contributed by atoms with E-state index in [0.717, 1.165) is 20.1 Å². The van der Waals surface area contributed by atoms with E-state index in [1.807, 2.05) is 60.7 Å². The lowest BCUT2D eigenvalue weighted by Gasteiger charge is -2.32. The molecule has 0 aliphatic carbocycles. The predicted octanol–water partition coefficient (Wildman–Crippen LogP) is 6.52. The van der Waals surface area contributed by atoms with Gasteiger partial charge in [-0.05, 0) is 136 Å². The zero-order valence-electron chi connectivity index (χ0n) is 48.6. The van der Waals surface area contributed by atoms with Crippen LogP contribution in [0.4, 0.5) is 0 Å². The van der Waals surface area contributed by atoms with Crippen molar-refractivity contribution >= 4 is 37.8 Å². The van der Waals surface area contributed by atoms with Crippen molar-refractivity contribution in [1.82, 2.24) is 19.6 Å². The standard InChI is InChI=1S/C30H36N2O8S.C24H32N2O7S.C8H8O3/c1-21-26(9-6-10-28(21)33)30(35)31-27(19-22-7-4-3-5-8-22)29(34)20-32(40-24-15-17-39-18-16-24)41(36,37)25-13-11-23(38-2)12-14-25;1-18(27)25-23(16-19-6-4-3-5-7-19)24(28)17-26(33-21-12-14-32-15-13-21)34(29,30)22-10-8-20(31-2)9-11-22;1-5-6(8(10)11)3-2-4-7(5)9/h3-14,24,27,29,33-34H,15-20H2,1-2H3,(H,31,35);3-11,21,23-24,28H,12-17H2,1-2H3,(H,25,27);2-4,9H,1H3,(H,10,11). The molecule has 0 bridgehead atoms. The first-order valence-electron chi connectivity index (χ1n) is 27.8. The molecule has 4 atom stereocenters. The third-order valence-corrected chi connectivity index (χ3v) is 17.4. The number of methoxy groups -OCH3 is 2. The zero-order valence-corrected chi connectivity index (χ0v) is 50.2. The minimum absolute atomic E-state index is 0.00620. The summed E-state index contributed by atoms with van der Waals surface area (Å²) in [5.74, 6) is -0.843. The highest BCUT2D eigenvalue weighted by Crippen LogP contribution is 2.27. The fraction of sp³-hybridized carbons (Fsp3) is 0.371. The van der Waals surface area contributed by atoms with E-state index in [-0.39, 0.29) is 57.4 Å². The number of rotatable bonds is 24. The topological polar surface area (TPSA) is 307 Å². The molecule has 6 aromatic carbocycles. The number of sulfonamides is 2. The van der Waals surface area contributed by atoms with Gasteiger partial charge in [0.25, 0.3) is 26.0 Å². The van der Waals surface area contributed by atoms with E-state index >= 15 is 0 Å². The number of aromatic hydroxyl groups is 2. The monoisotopic (exact) mass is 1230 g/mol. The Kier molecular flexibility index (Phi) is 25.8. The van der Waals surface area contributed by atoms with E-state index in [0.29, 0.717) is 81.2 Å². The second-order valence-electron chi connectivity index (χ2n) is 20.3. The van der Waals surface area contributed by atoms with Gasteiger partial charge in [0.15, 0.2) is 0 Å². The SMILES string of the molecule is COc1ccc(S(=O)(=O)N(CC(O)C(Cc2ccccc2)NC(=O)c2cccc(O)c2C)OC2CCOCC2)cc1.COc1ccc(S(=O)(=O)N(CC(O)C(Cc2ccccc2)NC(C)=O)OC2CCOCC2)cc1.Cc1c(O)cccc1C(=O)O. The predicted molar refractivity (Wildman–Crippen MR) is 317 cm³/mol. The van der Waals surface area contributed by atoms with Crippen LogP contribution >= 0.6 is 0 Å². The summed E-state index contributed by atoms with van der Waals surface area (Å²) in [6.45, 7) is 5.54. The molecule has 2 amide bonds. The molecule has 0 spiro atoms. The molecule has 464 valence electrons. The normalized spacial score (nSPS) is 15.4. The van der Waals surface area contributed by atoms with Gasteiger partial charge in [-0.15, -0.1) is 0 Å². The van der Waals surface area contributed by atoms with Crippen LogP contribution in [-0.2, 0) is 56.8 Å². The molecule has 24 heteroatoms. The first-order chi connectivity index (χ1) is 41.1. The third kappa shape index (κ3) is 19.8. The summed E-state index contributed by atoms with van der Waals surface area (Å²) in [5, 5.41) is 55.9. The van der Waals surface area contributed by atoms with Crippen molar-refractivity contribution in [2.45, 2.75) is 106 Å². The maximum Gasteiger partial charge on any atom is 0.336 e. The van der Waals surface area contributed by atoms with Gasteiger partial charge < -0.3 is 55.1 Å². The van der Waals surface area contributed by atoms with Crippen LogP contribution < -0.4 is 20.1 Å². The lowest BCUT2D eigenvalue weighted by atomic mass is 10.00. The number of aromatic carboxylic acids is 1. The summed E-state index contributed by atoms with van der Waals surface area (Å²) in [6, 6.07) is 37.9. The number of hydrogen-bond donors (Lipinski definition) is 7. The van der Waals surface area contributed by atoms with Crippen molar-refractivity contribution in [3.05, 3.63) is 179 Å². The molecule has 8 rings (SSSR count). The second kappa shape index (κ2) is 32.9. The smallest absolute Gasteiger partial charge is 0.336 e. The number of carboxylic acids is 1. The second-order valence-corrected chi connectivity index (χ2v) is 23.9. The van der Waals surface area contributed by atoms with Crippen molar-refractivity contribution in [3.8, 4) is 23.0 Å². The van der Waals surface area contributed by atoms with Crippen molar-refractivity contribution < 1.29 is 85.4 Å². The Morgan fingerprint density at radius 2 is 0.919 bits per heavy atom. The Hall–Kier alpha value is -7.49. The van der Waals surface area contributed by atoms with Crippen LogP contribution in [0.25, 0.3) is 0 Å². The van der Waals surface area contributed by atoms with Gasteiger partial charge in [-0.1, -0.05) is 81.7 Å². The van der Waals surface area contributed by atoms with E-state index in [2.05, 4.69) is 10.6 Å². The molecular formula is C62H76N4O18S2. The number of benzene rings is 6. The summed E-state index contributed by atoms with van der Waals surface area (Å²) in [7, 11) is -5.34. The summed E-state index contributed by atoms with van der Waals surface area (Å²) < 4.78 is 77.1. The number of aliphatic hydroxyl groups is 2. The molecule has 0 saturated carbocycles. The fourth-order valence-electron chi connectivity index (χ4n) is 9.12. The van der Waals surface area contributed by atoms with Crippen molar-refractivity contribution in [1.29, 1.82) is 0 Å². The van der Waals surface area contributed by atoms with Crippen molar-refractivity contribution in [2.24, 2.45) is 0 Å². The minimum atomic E-state index is -4.21. The van der Waals surface area contributed by atoms with Gasteiger partial charge in [0, 0.05) is 50.0 Å². The van der Waals surface area contributed by atoms with Crippen molar-refractivity contribution in [3.63, 3.8) is 0 Å². The van der Waals surface area contributed by atoms with Gasteiger partial charge >= 0.3 is 5.97 Å². The molecule has 6 aromatic rings. The van der Waals surface area contributed by atoms with Gasteiger partial charge in [0.05, 0.1) is 79.2 Å². The number of carbonyl (C=O) groups is 3. The molecule has 2 aliphatic heterocycles. The molecule has 0 radical (unpaired) electrons. The summed E-state index contributed by atoms with van der Waals surface area (Å²) in [6.07, 6.45) is -0.787. The maximum atomic E-state index is 13.8. The summed E-state index contributed by atoms with van der Waals surface area (Å²) >= 11 is 0. The molecule has 0 aromatic heterocycles. The van der Waals surface area contributed by atoms with E-state index in [4.69, 9.17) is 38.8 Å². The number of nitrogens with one attached hydrogen (secondary N) is 2. The minimum Gasteiger partial charge on any atom is -0.508 e. The fourth-order valence-corrected chi connectivity index (χ4v) is 11.7. The number of ether oxygens (including phenoxy) is 4. The summed E-state index contributed by atoms with van der Waals surface area (Å²) in [4.78, 5) is 47.4. The van der Waals surface area contributed by atoms with Gasteiger partial charge in [-0.3, -0.25) is 19.3 Å². The van der Waals surface area contributed by atoms with Crippen LogP contribution in [0, 0.1) is 13.8 Å². The average Bonchev–Trinajstić information content (AvgIpc) is 1.64. The van der Waals surface area contributed by atoms with Crippen LogP contribution in [0.2, 0.25) is 0 Å². The highest BCUT2D eigenvalue weighted by molar-refractivity contribution is 7.89. The highest BCUT2D eigenvalue weighted by Gasteiger charge is 2.36. The van der Waals surface area contributed by atoms with Gasteiger partial charge in [-0.25, -0.2) is 21.6 Å². The first-order valence-corrected chi connectivity index (χ1v) is 30.6. The largest absolute Gasteiger partial charge is 0.508 e. The van der Waals surface area contributed by atoms with E-state index in [9.17, 15) is 46.5 Å². The molecule has 86 heavy (non-hydrogen) atoms. The molecule has 2 saturated heterocycles. The Labute approximate surface area is 501 Å². The third-order valence-electron chi connectivity index (χ3n) is 14.1. The van der Waals surface area contributed by atoms with E-state index in [1.165, 1.54) is 81.8 Å². The number of amides is 2. The maximum absolute atomic E-state index is 13.8. The zero-order chi connectivity index (χ0) is 62.4. The van der Waals surface area contributed by atoms with E-state index < -0.39 is 68.9 Å². The Morgan fingerprint density at radius 3 is 1.28 bits per heavy atom. The number of carboxylic acid groups (broad SMARTS) is 1. The lowest BCUT2D eigenvalue weighted by Crippen LogP contribution is -2.51. The van der Waals surface area contributed by atoms with Crippen LogP contribution in [0.15, 0.2) is 155 Å². The molecule has 2 aliphatic rings. The number of aliphatic hydroxyl groups excluding tert-OH is 2.